The molecule has 1 aromatic carbocycles. The van der Waals surface area contributed by atoms with Crippen LogP contribution in [0.1, 0.15) is 70.3 Å². The molecule has 0 saturated heterocycles. The number of hydrogen-bond donors (Lipinski definition) is 1. The van der Waals surface area contributed by atoms with Crippen LogP contribution in [0, 0.1) is 29.1 Å². The Bertz CT molecular complexity index is 1310. The number of hydrogen-bond acceptors (Lipinski definition) is 5. The first-order chi connectivity index (χ1) is 17.0. The average molecular weight is 510 g/mol. The van der Waals surface area contributed by atoms with Gasteiger partial charge in [0.1, 0.15) is 0 Å². The van der Waals surface area contributed by atoms with Gasteiger partial charge in [-0.1, -0.05) is 30.6 Å². The Hall–Kier alpha value is -2.40. The fraction of sp³-hybridized carbons (Fsp3) is 0.552. The molecule has 0 amide bonds. The molecule has 2 fully saturated rings. The predicted molar refractivity (Wildman–Crippen MR) is 140 cm³/mol. The van der Waals surface area contributed by atoms with Crippen molar-refractivity contribution < 1.29 is 21.9 Å². The number of rotatable bonds is 4. The monoisotopic (exact) mass is 509 g/mol. The van der Waals surface area contributed by atoms with E-state index >= 15 is 0 Å². The van der Waals surface area contributed by atoms with Crippen LogP contribution in [0.5, 0.6) is 0 Å². The summed E-state index contributed by atoms with van der Waals surface area (Å²) in [5.41, 5.74) is 4.40. The van der Waals surface area contributed by atoms with Crippen molar-refractivity contribution in [2.75, 3.05) is 19.0 Å². The molecule has 0 unspecified atom stereocenters. The number of carbonyl (C=O) groups excluding carboxylic acids is 1. The number of fused-ring (bicyclic) bond motifs is 4. The summed E-state index contributed by atoms with van der Waals surface area (Å²) < 4.78 is 39.4. The molecule has 2 saturated carbocycles. The molecular formula is C29H35NO5S. The Morgan fingerprint density at radius 1 is 1.11 bits per heavy atom. The van der Waals surface area contributed by atoms with E-state index in [1.807, 2.05) is 20.2 Å². The Kier molecular flexibility index (Phi) is 6.22. The molecule has 6 nitrogen and oxygen atoms in total. The van der Waals surface area contributed by atoms with Crippen molar-refractivity contribution in [1.82, 2.24) is 0 Å². The van der Waals surface area contributed by atoms with E-state index in [4.69, 9.17) is 4.18 Å². The van der Waals surface area contributed by atoms with Gasteiger partial charge in [0.25, 0.3) is 0 Å². The van der Waals surface area contributed by atoms with E-state index < -0.39 is 21.4 Å². The van der Waals surface area contributed by atoms with E-state index in [9.17, 15) is 17.8 Å². The average Bonchev–Trinajstić information content (AvgIpc) is 3.08. The highest BCUT2D eigenvalue weighted by Gasteiger charge is 2.65. The second kappa shape index (κ2) is 8.86. The van der Waals surface area contributed by atoms with Gasteiger partial charge in [0, 0.05) is 37.5 Å². The van der Waals surface area contributed by atoms with E-state index in [0.717, 1.165) is 31.4 Å². The minimum atomic E-state index is -4.70. The molecule has 0 aliphatic heterocycles. The number of ketones is 1. The van der Waals surface area contributed by atoms with Gasteiger partial charge in [-0.2, -0.15) is 8.42 Å². The number of carbonyl (C=O) groups is 1. The maximum Gasteiger partial charge on any atom is 0.398 e. The maximum absolute atomic E-state index is 12.2. The highest BCUT2D eigenvalue weighted by Crippen LogP contribution is 2.67. The van der Waals surface area contributed by atoms with Gasteiger partial charge in [-0.25, -0.2) is 4.18 Å². The van der Waals surface area contributed by atoms with E-state index in [-0.39, 0.29) is 23.5 Å². The number of anilines is 1. The van der Waals surface area contributed by atoms with Crippen molar-refractivity contribution in [1.29, 1.82) is 0 Å². The van der Waals surface area contributed by atoms with Gasteiger partial charge >= 0.3 is 10.4 Å². The summed E-state index contributed by atoms with van der Waals surface area (Å²) in [4.78, 5) is 14.3. The van der Waals surface area contributed by atoms with Crippen LogP contribution in [0.2, 0.25) is 0 Å². The first kappa shape index (κ1) is 25.3. The lowest BCUT2D eigenvalue weighted by atomic mass is 9.51. The highest BCUT2D eigenvalue weighted by molar-refractivity contribution is 7.80. The van der Waals surface area contributed by atoms with Crippen LogP contribution >= 0.6 is 0 Å². The second-order valence-electron chi connectivity index (χ2n) is 11.2. The zero-order valence-corrected chi connectivity index (χ0v) is 22.3. The lowest BCUT2D eigenvalue weighted by molar-refractivity contribution is -0.114. The zero-order chi connectivity index (χ0) is 25.9. The van der Waals surface area contributed by atoms with Gasteiger partial charge in [0.2, 0.25) is 0 Å². The van der Waals surface area contributed by atoms with Gasteiger partial charge in [0.15, 0.2) is 11.4 Å². The molecular weight excluding hydrogens is 474 g/mol. The van der Waals surface area contributed by atoms with E-state index in [2.05, 4.69) is 47.9 Å². The third-order valence-corrected chi connectivity index (χ3v) is 9.74. The summed E-state index contributed by atoms with van der Waals surface area (Å²) in [6, 6.07) is 8.59. The molecule has 0 spiro atoms. The van der Waals surface area contributed by atoms with Gasteiger partial charge in [-0.15, -0.1) is 5.92 Å². The normalized spacial score (nSPS) is 33.6. The Labute approximate surface area is 214 Å². The standard InChI is InChI=1S/C29H35NO5S/c1-5-15-29(35-36(32,33)34)16-14-26-24-12-8-20-17-22(31)11-13-23(20)27(24)25(18-28(26,29)2)19-6-9-21(10-7-19)30(3)4/h6-7,9-10,17,24-26H,8,11-14,16,18H2,1-4H3,(H,32,33,34)/t24-,25+,26-,28-,29-/m0/s1. The molecule has 0 radical (unpaired) electrons. The largest absolute Gasteiger partial charge is 0.398 e. The van der Waals surface area contributed by atoms with Gasteiger partial charge in [-0.05, 0) is 92.2 Å². The second-order valence-corrected chi connectivity index (χ2v) is 12.3. The molecule has 0 aromatic heterocycles. The molecule has 1 N–H and O–H groups in total. The first-order valence-corrected chi connectivity index (χ1v) is 14.2. The lowest BCUT2D eigenvalue weighted by Crippen LogP contribution is -2.53. The van der Waals surface area contributed by atoms with Crippen molar-refractivity contribution >= 4 is 21.9 Å². The highest BCUT2D eigenvalue weighted by atomic mass is 32.3. The quantitative estimate of drug-likeness (QED) is 0.442. The number of benzene rings is 1. The van der Waals surface area contributed by atoms with Crippen LogP contribution in [0.25, 0.3) is 0 Å². The van der Waals surface area contributed by atoms with E-state index in [0.29, 0.717) is 19.3 Å². The van der Waals surface area contributed by atoms with Crippen molar-refractivity contribution in [3.05, 3.63) is 52.6 Å². The molecule has 1 aromatic rings. The van der Waals surface area contributed by atoms with Crippen molar-refractivity contribution in [2.45, 2.75) is 70.3 Å². The fourth-order valence-corrected chi connectivity index (χ4v) is 8.37. The van der Waals surface area contributed by atoms with Gasteiger partial charge in [0.05, 0.1) is 0 Å². The van der Waals surface area contributed by atoms with Gasteiger partial charge < -0.3 is 4.90 Å². The molecule has 0 bridgehead atoms. The lowest BCUT2D eigenvalue weighted by Gasteiger charge is -2.54. The van der Waals surface area contributed by atoms with Crippen LogP contribution in [-0.4, -0.2) is 38.5 Å². The smallest absolute Gasteiger partial charge is 0.378 e. The van der Waals surface area contributed by atoms with Crippen LogP contribution < -0.4 is 4.90 Å². The number of allylic oxidation sites excluding steroid dienone is 4. The number of nitrogens with zero attached hydrogens (tertiary/aromatic N) is 1. The molecule has 5 atom stereocenters. The summed E-state index contributed by atoms with van der Waals surface area (Å²) in [6.45, 7) is 3.80. The summed E-state index contributed by atoms with van der Waals surface area (Å²) in [6.07, 6.45) is 6.86. The van der Waals surface area contributed by atoms with Crippen LogP contribution in [0.4, 0.5) is 5.69 Å². The van der Waals surface area contributed by atoms with Crippen LogP contribution in [0.3, 0.4) is 0 Å². The Balaban J connectivity index is 1.69. The topological polar surface area (TPSA) is 83.9 Å². The molecule has 0 heterocycles. The minimum Gasteiger partial charge on any atom is -0.378 e. The van der Waals surface area contributed by atoms with E-state index in [1.165, 1.54) is 22.3 Å². The first-order valence-electron chi connectivity index (χ1n) is 12.8. The summed E-state index contributed by atoms with van der Waals surface area (Å²) in [7, 11) is -0.663. The molecule has 4 aliphatic rings. The van der Waals surface area contributed by atoms with Crippen molar-refractivity contribution in [2.24, 2.45) is 17.3 Å². The summed E-state index contributed by atoms with van der Waals surface area (Å²) >= 11 is 0. The van der Waals surface area contributed by atoms with Crippen LogP contribution in [0.15, 0.2) is 47.1 Å². The molecule has 192 valence electrons. The zero-order valence-electron chi connectivity index (χ0n) is 21.5. The van der Waals surface area contributed by atoms with Crippen molar-refractivity contribution in [3.63, 3.8) is 0 Å². The fourth-order valence-electron chi connectivity index (χ4n) is 7.70. The Morgan fingerprint density at radius 2 is 1.83 bits per heavy atom. The summed E-state index contributed by atoms with van der Waals surface area (Å²) in [5.74, 6) is 6.73. The third kappa shape index (κ3) is 4.04. The van der Waals surface area contributed by atoms with Crippen LogP contribution in [-0.2, 0) is 19.4 Å². The van der Waals surface area contributed by atoms with E-state index in [1.54, 1.807) is 6.92 Å². The summed E-state index contributed by atoms with van der Waals surface area (Å²) in [5, 5.41) is 0. The SMILES string of the molecule is CC#C[C@]1(OS(=O)(=O)O)CC[C@H]2[C@@H]3CCC4=CC(=O)CCC4=C3[C@@H](c3ccc(N(C)C)cc3)C[C@@]21C. The third-order valence-electron chi connectivity index (χ3n) is 9.24. The molecule has 7 heteroatoms. The molecule has 5 rings (SSSR count). The molecule has 4 aliphatic carbocycles. The minimum absolute atomic E-state index is 0.0560. The van der Waals surface area contributed by atoms with Gasteiger partial charge in [-0.3, -0.25) is 9.35 Å². The molecule has 36 heavy (non-hydrogen) atoms. The van der Waals surface area contributed by atoms with Crippen molar-refractivity contribution in [3.8, 4) is 11.8 Å². The Morgan fingerprint density at radius 3 is 2.47 bits per heavy atom. The maximum atomic E-state index is 12.2. The predicted octanol–water partition coefficient (Wildman–Crippen LogP) is 5.23.